The monoisotopic (exact) mass is 334 g/mol. The van der Waals surface area contributed by atoms with Crippen molar-refractivity contribution >= 4 is 50.5 Å². The van der Waals surface area contributed by atoms with Crippen LogP contribution in [0.15, 0.2) is 29.2 Å². The molecule has 7 nitrogen and oxygen atoms in total. The average molecular weight is 335 g/mol. The number of benzene rings is 1. The quantitative estimate of drug-likeness (QED) is 0.341. The van der Waals surface area contributed by atoms with Crippen molar-refractivity contribution in [3.05, 3.63) is 34.7 Å². The molecular weight excluding hydrogens is 327 g/mol. The fourth-order valence-corrected chi connectivity index (χ4v) is 2.47. The second kappa shape index (κ2) is 5.41. The maximum atomic E-state index is 11.0. The molecule has 1 heterocycles. The van der Waals surface area contributed by atoms with Gasteiger partial charge < -0.3 is 11.1 Å². The topological polar surface area (TPSA) is 118 Å². The van der Waals surface area contributed by atoms with Gasteiger partial charge in [-0.2, -0.15) is 8.42 Å². The van der Waals surface area contributed by atoms with Gasteiger partial charge in [0.05, 0.1) is 5.69 Å². The highest BCUT2D eigenvalue weighted by Crippen LogP contribution is 2.25. The molecular formula is C10H8Cl2N4O3S. The van der Waals surface area contributed by atoms with Crippen LogP contribution in [0.5, 0.6) is 0 Å². The van der Waals surface area contributed by atoms with Crippen LogP contribution < -0.4 is 11.1 Å². The zero-order valence-electron chi connectivity index (χ0n) is 9.71. The molecule has 0 atom stereocenters. The number of anilines is 3. The summed E-state index contributed by atoms with van der Waals surface area (Å²) >= 11 is 11.4. The molecule has 0 saturated carbocycles. The lowest BCUT2D eigenvalue weighted by Crippen LogP contribution is -2.04. The molecule has 0 aliphatic carbocycles. The minimum absolute atomic E-state index is 0.0393. The summed E-state index contributed by atoms with van der Waals surface area (Å²) in [4.78, 5) is 7.19. The number of nitrogens with zero attached hydrogens (tertiary/aromatic N) is 2. The zero-order valence-corrected chi connectivity index (χ0v) is 12.0. The van der Waals surface area contributed by atoms with Gasteiger partial charge in [-0.1, -0.05) is 11.6 Å². The number of nitrogen functional groups attached to an aromatic ring is 1. The van der Waals surface area contributed by atoms with Crippen molar-refractivity contribution in [2.24, 2.45) is 0 Å². The van der Waals surface area contributed by atoms with Crippen LogP contribution in [0.3, 0.4) is 0 Å². The summed E-state index contributed by atoms with van der Waals surface area (Å²) in [5.41, 5.74) is 5.89. The molecule has 0 bridgehead atoms. The number of nitrogens with two attached hydrogens (primary N) is 1. The van der Waals surface area contributed by atoms with E-state index in [0.29, 0.717) is 11.5 Å². The maximum absolute atomic E-state index is 11.0. The molecule has 0 aliphatic heterocycles. The molecule has 1 aromatic carbocycles. The van der Waals surface area contributed by atoms with E-state index in [1.807, 2.05) is 0 Å². The normalized spacial score (nSPS) is 11.3. The lowest BCUT2D eigenvalue weighted by atomic mass is 10.3. The number of hydrogen-bond acceptors (Lipinski definition) is 6. The van der Waals surface area contributed by atoms with Crippen LogP contribution in [0, 0.1) is 0 Å². The Morgan fingerprint density at radius 2 is 1.90 bits per heavy atom. The molecule has 0 saturated heterocycles. The van der Waals surface area contributed by atoms with E-state index >= 15 is 0 Å². The summed E-state index contributed by atoms with van der Waals surface area (Å²) in [7, 11) is -4.36. The fourth-order valence-electron chi connectivity index (χ4n) is 1.46. The Labute approximate surface area is 124 Å². The van der Waals surface area contributed by atoms with Crippen LogP contribution in [0.25, 0.3) is 0 Å². The Kier molecular flexibility index (Phi) is 4.00. The van der Waals surface area contributed by atoms with E-state index in [1.165, 1.54) is 18.2 Å². The van der Waals surface area contributed by atoms with Crippen molar-refractivity contribution in [1.82, 2.24) is 9.97 Å². The SMILES string of the molecule is Nc1cc(Nc2cc(Cl)nc(Cl)n2)ccc1S(=O)(=O)O. The lowest BCUT2D eigenvalue weighted by Gasteiger charge is -2.08. The summed E-state index contributed by atoms with van der Waals surface area (Å²) in [6, 6.07) is 5.33. The summed E-state index contributed by atoms with van der Waals surface area (Å²) < 4.78 is 31.0. The van der Waals surface area contributed by atoms with Gasteiger partial charge in [0, 0.05) is 11.8 Å². The van der Waals surface area contributed by atoms with E-state index < -0.39 is 10.1 Å². The van der Waals surface area contributed by atoms with Gasteiger partial charge in [0.2, 0.25) is 5.28 Å². The number of hydrogen-bond donors (Lipinski definition) is 3. The highest BCUT2D eigenvalue weighted by molar-refractivity contribution is 7.86. The highest BCUT2D eigenvalue weighted by atomic mass is 35.5. The fraction of sp³-hybridized carbons (Fsp3) is 0. The molecule has 0 aliphatic rings. The van der Waals surface area contributed by atoms with Crippen LogP contribution in [0.1, 0.15) is 0 Å². The first kappa shape index (κ1) is 14.8. The van der Waals surface area contributed by atoms with Crippen molar-refractivity contribution in [2.75, 3.05) is 11.1 Å². The summed E-state index contributed by atoms with van der Waals surface area (Å²) in [5, 5.41) is 2.94. The van der Waals surface area contributed by atoms with Gasteiger partial charge in [-0.25, -0.2) is 9.97 Å². The molecule has 0 fully saturated rings. The second-order valence-corrected chi connectivity index (χ2v) is 5.81. The molecule has 2 aromatic rings. The predicted molar refractivity (Wildman–Crippen MR) is 76.0 cm³/mol. The molecule has 0 spiro atoms. The van der Waals surface area contributed by atoms with Crippen molar-refractivity contribution in [1.29, 1.82) is 0 Å². The number of aromatic nitrogens is 2. The molecule has 0 unspecified atom stereocenters. The van der Waals surface area contributed by atoms with E-state index in [2.05, 4.69) is 15.3 Å². The van der Waals surface area contributed by atoms with Crippen LogP contribution in [0.2, 0.25) is 10.4 Å². The summed E-state index contributed by atoms with van der Waals surface area (Å²) in [5.74, 6) is 0.314. The Morgan fingerprint density at radius 1 is 1.20 bits per heavy atom. The third kappa shape index (κ3) is 3.48. The van der Waals surface area contributed by atoms with Gasteiger partial charge in [0.1, 0.15) is 15.9 Å². The Hall–Kier alpha value is -1.61. The first-order valence-corrected chi connectivity index (χ1v) is 7.29. The Morgan fingerprint density at radius 3 is 2.45 bits per heavy atom. The minimum Gasteiger partial charge on any atom is -0.398 e. The molecule has 2 rings (SSSR count). The third-order valence-corrected chi connectivity index (χ3v) is 3.52. The lowest BCUT2D eigenvalue weighted by molar-refractivity contribution is 0.483. The summed E-state index contributed by atoms with van der Waals surface area (Å²) in [6.07, 6.45) is 0. The van der Waals surface area contributed by atoms with Gasteiger partial charge in [-0.3, -0.25) is 4.55 Å². The maximum Gasteiger partial charge on any atom is 0.296 e. The molecule has 10 heteroatoms. The number of nitrogens with one attached hydrogen (secondary N) is 1. The molecule has 0 radical (unpaired) electrons. The highest BCUT2D eigenvalue weighted by Gasteiger charge is 2.14. The first-order chi connectivity index (χ1) is 9.25. The predicted octanol–water partition coefficient (Wildman–Crippen LogP) is 2.36. The number of halogens is 2. The smallest absolute Gasteiger partial charge is 0.296 e. The van der Waals surface area contributed by atoms with Gasteiger partial charge >= 0.3 is 0 Å². The van der Waals surface area contributed by atoms with Gasteiger partial charge in [0.25, 0.3) is 10.1 Å². The largest absolute Gasteiger partial charge is 0.398 e. The van der Waals surface area contributed by atoms with Crippen molar-refractivity contribution < 1.29 is 13.0 Å². The third-order valence-electron chi connectivity index (χ3n) is 2.23. The van der Waals surface area contributed by atoms with Gasteiger partial charge in [-0.05, 0) is 29.8 Å². The molecule has 4 N–H and O–H groups in total. The molecule has 1 aromatic heterocycles. The van der Waals surface area contributed by atoms with Crippen molar-refractivity contribution in [3.63, 3.8) is 0 Å². The molecule has 106 valence electrons. The first-order valence-electron chi connectivity index (χ1n) is 5.10. The average Bonchev–Trinajstić information content (AvgIpc) is 2.25. The van der Waals surface area contributed by atoms with Crippen LogP contribution in [-0.4, -0.2) is 22.9 Å². The van der Waals surface area contributed by atoms with Crippen molar-refractivity contribution in [3.8, 4) is 0 Å². The second-order valence-electron chi connectivity index (χ2n) is 3.70. The molecule has 20 heavy (non-hydrogen) atoms. The van der Waals surface area contributed by atoms with E-state index in [-0.39, 0.29) is 21.0 Å². The standard InChI is InChI=1S/C10H8Cl2N4O3S/c11-8-4-9(16-10(12)15-8)14-5-1-2-7(6(13)3-5)20(17,18)19/h1-4H,13H2,(H,14,15,16)(H,17,18,19). The van der Waals surface area contributed by atoms with Gasteiger partial charge in [0.15, 0.2) is 0 Å². The van der Waals surface area contributed by atoms with Crippen LogP contribution in [-0.2, 0) is 10.1 Å². The Balaban J connectivity index is 2.33. The molecule has 0 amide bonds. The zero-order chi connectivity index (χ0) is 14.9. The summed E-state index contributed by atoms with van der Waals surface area (Å²) in [6.45, 7) is 0. The van der Waals surface area contributed by atoms with E-state index in [0.717, 1.165) is 6.07 Å². The van der Waals surface area contributed by atoms with Gasteiger partial charge in [-0.15, -0.1) is 0 Å². The van der Waals surface area contributed by atoms with E-state index in [4.69, 9.17) is 33.5 Å². The minimum atomic E-state index is -4.36. The van der Waals surface area contributed by atoms with E-state index in [1.54, 1.807) is 0 Å². The Bertz CT molecular complexity index is 747. The van der Waals surface area contributed by atoms with E-state index in [9.17, 15) is 8.42 Å². The van der Waals surface area contributed by atoms with Crippen LogP contribution in [0.4, 0.5) is 17.2 Å². The number of rotatable bonds is 3. The van der Waals surface area contributed by atoms with Crippen molar-refractivity contribution in [2.45, 2.75) is 4.90 Å². The van der Waals surface area contributed by atoms with Crippen LogP contribution >= 0.6 is 23.2 Å².